The Hall–Kier alpha value is -1.45. The lowest BCUT2D eigenvalue weighted by atomic mass is 10.2. The van der Waals surface area contributed by atoms with Gasteiger partial charge in [0.05, 0.1) is 5.69 Å². The second-order valence-electron chi connectivity index (χ2n) is 5.06. The van der Waals surface area contributed by atoms with Crippen LogP contribution in [0, 0.1) is 6.92 Å². The van der Waals surface area contributed by atoms with Gasteiger partial charge in [0.2, 0.25) is 10.0 Å². The molecule has 0 spiro atoms. The van der Waals surface area contributed by atoms with Crippen LogP contribution in [-0.4, -0.2) is 71.6 Å². The van der Waals surface area contributed by atoms with Crippen LogP contribution in [-0.2, 0) is 10.0 Å². The number of carboxylic acids is 1. The zero-order valence-electron chi connectivity index (χ0n) is 11.6. The second-order valence-corrected chi connectivity index (χ2v) is 6.89. The van der Waals surface area contributed by atoms with Gasteiger partial charge in [-0.3, -0.25) is 5.10 Å². The monoisotopic (exact) mass is 302 g/mol. The number of H-pyrrole nitrogens is 1. The summed E-state index contributed by atoms with van der Waals surface area (Å²) in [4.78, 5) is 12.9. The zero-order valence-corrected chi connectivity index (χ0v) is 12.4. The molecule has 1 saturated heterocycles. The van der Waals surface area contributed by atoms with E-state index in [-0.39, 0.29) is 16.6 Å². The number of aromatic amines is 1. The predicted molar refractivity (Wildman–Crippen MR) is 71.1 cm³/mol. The van der Waals surface area contributed by atoms with Gasteiger partial charge in [0.1, 0.15) is 4.90 Å². The number of sulfonamides is 1. The summed E-state index contributed by atoms with van der Waals surface area (Å²) in [6.07, 6.45) is 0. The van der Waals surface area contributed by atoms with Gasteiger partial charge < -0.3 is 10.0 Å². The molecular formula is C11H18N4O4S. The molecule has 112 valence electrons. The van der Waals surface area contributed by atoms with Crippen molar-refractivity contribution in [3.63, 3.8) is 0 Å². The fourth-order valence-corrected chi connectivity index (χ4v) is 4.38. The van der Waals surface area contributed by atoms with Crippen LogP contribution in [0.4, 0.5) is 0 Å². The molecule has 1 atom stereocenters. The molecule has 8 nitrogen and oxygen atoms in total. The number of aromatic carboxylic acids is 1. The minimum absolute atomic E-state index is 0.213. The molecule has 1 aliphatic rings. The van der Waals surface area contributed by atoms with Gasteiger partial charge in [-0.15, -0.1) is 0 Å². The summed E-state index contributed by atoms with van der Waals surface area (Å²) in [6.45, 7) is 4.88. The van der Waals surface area contributed by atoms with E-state index in [9.17, 15) is 13.2 Å². The number of nitrogens with one attached hydrogen (secondary N) is 1. The molecule has 1 fully saturated rings. The first-order chi connectivity index (χ1) is 9.25. The first-order valence-electron chi connectivity index (χ1n) is 6.23. The first kappa shape index (κ1) is 14.9. The van der Waals surface area contributed by atoms with Gasteiger partial charge in [0.15, 0.2) is 5.69 Å². The molecule has 20 heavy (non-hydrogen) atoms. The van der Waals surface area contributed by atoms with Gasteiger partial charge in [-0.1, -0.05) is 0 Å². The molecule has 9 heteroatoms. The highest BCUT2D eigenvalue weighted by Gasteiger charge is 2.37. The Labute approximate surface area is 117 Å². The number of carbonyl (C=O) groups is 1. The highest BCUT2D eigenvalue weighted by atomic mass is 32.2. The van der Waals surface area contributed by atoms with Crippen LogP contribution in [0.15, 0.2) is 4.90 Å². The summed E-state index contributed by atoms with van der Waals surface area (Å²) in [5.41, 5.74) is -0.206. The van der Waals surface area contributed by atoms with Gasteiger partial charge in [-0.2, -0.15) is 9.40 Å². The zero-order chi connectivity index (χ0) is 15.1. The van der Waals surface area contributed by atoms with Crippen LogP contribution in [0.25, 0.3) is 0 Å². The summed E-state index contributed by atoms with van der Waals surface area (Å²) in [7, 11) is -1.94. The molecule has 2 rings (SSSR count). The minimum atomic E-state index is -3.87. The lowest BCUT2D eigenvalue weighted by Gasteiger charge is -2.37. The third kappa shape index (κ3) is 2.43. The summed E-state index contributed by atoms with van der Waals surface area (Å²) < 4.78 is 26.7. The molecular weight excluding hydrogens is 284 g/mol. The van der Waals surface area contributed by atoms with Crippen molar-refractivity contribution in [2.75, 3.05) is 26.7 Å². The normalized spacial score (nSPS) is 22.1. The molecule has 0 aromatic carbocycles. The smallest absolute Gasteiger partial charge is 0.357 e. The maximum Gasteiger partial charge on any atom is 0.357 e. The third-order valence-corrected chi connectivity index (χ3v) is 5.61. The number of likely N-dealkylation sites (N-methyl/N-ethyl adjacent to an activating group) is 1. The van der Waals surface area contributed by atoms with Crippen molar-refractivity contribution >= 4 is 16.0 Å². The Balaban J connectivity index is 2.46. The summed E-state index contributed by atoms with van der Waals surface area (Å²) in [5, 5.41) is 15.1. The number of hydrogen-bond acceptors (Lipinski definition) is 5. The highest BCUT2D eigenvalue weighted by molar-refractivity contribution is 7.89. The molecule has 0 saturated carbocycles. The van der Waals surface area contributed by atoms with Crippen LogP contribution in [0.2, 0.25) is 0 Å². The number of hydrogen-bond donors (Lipinski definition) is 2. The molecule has 1 aromatic heterocycles. The van der Waals surface area contributed by atoms with Crippen LogP contribution in [0.3, 0.4) is 0 Å². The van der Waals surface area contributed by atoms with Crippen LogP contribution in [0.1, 0.15) is 23.1 Å². The topological polar surface area (TPSA) is 107 Å². The van der Waals surface area contributed by atoms with Crippen molar-refractivity contribution in [1.29, 1.82) is 0 Å². The number of aromatic nitrogens is 2. The SMILES string of the molecule is Cc1[nH]nc(C(=O)O)c1S(=O)(=O)N1CCN(C)CC1C. The van der Waals surface area contributed by atoms with Gasteiger partial charge in [-0.05, 0) is 20.9 Å². The number of carboxylic acid groups (broad SMARTS) is 1. The predicted octanol–water partition coefficient (Wildman–Crippen LogP) is -0.259. The van der Waals surface area contributed by atoms with E-state index >= 15 is 0 Å². The van der Waals surface area contributed by atoms with Crippen molar-refractivity contribution in [3.05, 3.63) is 11.4 Å². The fraction of sp³-hybridized carbons (Fsp3) is 0.636. The lowest BCUT2D eigenvalue weighted by Crippen LogP contribution is -2.52. The maximum atomic E-state index is 12.7. The summed E-state index contributed by atoms with van der Waals surface area (Å²) in [5.74, 6) is -1.35. The Morgan fingerprint density at radius 2 is 2.10 bits per heavy atom. The van der Waals surface area contributed by atoms with Crippen LogP contribution in [0.5, 0.6) is 0 Å². The van der Waals surface area contributed by atoms with Gasteiger partial charge in [0, 0.05) is 25.7 Å². The molecule has 0 aliphatic carbocycles. The van der Waals surface area contributed by atoms with Crippen LogP contribution >= 0.6 is 0 Å². The van der Waals surface area contributed by atoms with E-state index < -0.39 is 21.7 Å². The fourth-order valence-electron chi connectivity index (χ4n) is 2.48. The molecule has 2 heterocycles. The van der Waals surface area contributed by atoms with E-state index in [2.05, 4.69) is 10.2 Å². The van der Waals surface area contributed by atoms with Crippen molar-refractivity contribution in [1.82, 2.24) is 19.4 Å². The standard InChI is InChI=1S/C11H18N4O4S/c1-7-6-14(3)4-5-15(7)20(18,19)10-8(2)12-13-9(10)11(16)17/h7H,4-6H2,1-3H3,(H,12,13)(H,16,17). The van der Waals surface area contributed by atoms with Crippen molar-refractivity contribution in [2.24, 2.45) is 0 Å². The molecule has 0 amide bonds. The number of piperazine rings is 1. The second kappa shape index (κ2) is 5.15. The molecule has 0 radical (unpaired) electrons. The van der Waals surface area contributed by atoms with Crippen molar-refractivity contribution < 1.29 is 18.3 Å². The van der Waals surface area contributed by atoms with Gasteiger partial charge in [-0.25, -0.2) is 13.2 Å². The maximum absolute atomic E-state index is 12.7. The average molecular weight is 302 g/mol. The molecule has 1 aromatic rings. The average Bonchev–Trinajstić information content (AvgIpc) is 2.71. The molecule has 2 N–H and O–H groups in total. The van der Waals surface area contributed by atoms with E-state index in [1.165, 1.54) is 11.2 Å². The molecule has 1 unspecified atom stereocenters. The highest BCUT2D eigenvalue weighted by Crippen LogP contribution is 2.25. The van der Waals surface area contributed by atoms with E-state index in [0.29, 0.717) is 19.6 Å². The Bertz CT molecular complexity index is 624. The Morgan fingerprint density at radius 1 is 1.45 bits per heavy atom. The van der Waals surface area contributed by atoms with E-state index in [1.54, 1.807) is 0 Å². The third-order valence-electron chi connectivity index (χ3n) is 3.43. The largest absolute Gasteiger partial charge is 0.476 e. The minimum Gasteiger partial charge on any atom is -0.476 e. The Morgan fingerprint density at radius 3 is 2.65 bits per heavy atom. The Kier molecular flexibility index (Phi) is 3.85. The van der Waals surface area contributed by atoms with E-state index in [1.807, 2.05) is 18.9 Å². The van der Waals surface area contributed by atoms with Gasteiger partial charge >= 0.3 is 5.97 Å². The number of nitrogens with zero attached hydrogens (tertiary/aromatic N) is 3. The summed E-state index contributed by atoms with van der Waals surface area (Å²) in [6, 6.07) is -0.213. The summed E-state index contributed by atoms with van der Waals surface area (Å²) >= 11 is 0. The van der Waals surface area contributed by atoms with Crippen molar-refractivity contribution in [2.45, 2.75) is 24.8 Å². The number of rotatable bonds is 3. The van der Waals surface area contributed by atoms with Crippen LogP contribution < -0.4 is 0 Å². The quantitative estimate of drug-likeness (QED) is 0.797. The van der Waals surface area contributed by atoms with E-state index in [4.69, 9.17) is 5.11 Å². The van der Waals surface area contributed by atoms with Gasteiger partial charge in [0.25, 0.3) is 0 Å². The number of aryl methyl sites for hydroxylation is 1. The van der Waals surface area contributed by atoms with E-state index in [0.717, 1.165) is 0 Å². The molecule has 0 bridgehead atoms. The van der Waals surface area contributed by atoms with Crippen molar-refractivity contribution in [3.8, 4) is 0 Å². The molecule has 1 aliphatic heterocycles. The first-order valence-corrected chi connectivity index (χ1v) is 7.67. The lowest BCUT2D eigenvalue weighted by molar-refractivity contribution is 0.0685.